The van der Waals surface area contributed by atoms with Crippen LogP contribution < -0.4 is 9.46 Å². The van der Waals surface area contributed by atoms with E-state index in [9.17, 15) is 8.42 Å². The number of nitriles is 1. The van der Waals surface area contributed by atoms with Gasteiger partial charge in [-0.25, -0.2) is 8.42 Å². The lowest BCUT2D eigenvalue weighted by molar-refractivity contribution is 0.399. The van der Waals surface area contributed by atoms with Crippen molar-refractivity contribution in [2.24, 2.45) is 0 Å². The first-order valence-corrected chi connectivity index (χ1v) is 8.11. The maximum atomic E-state index is 12.6. The predicted octanol–water partition coefficient (Wildman–Crippen LogP) is 3.33. The molecule has 0 radical (unpaired) electrons. The van der Waals surface area contributed by atoms with Crippen molar-refractivity contribution in [2.45, 2.75) is 11.8 Å². The molecule has 0 unspecified atom stereocenters. The first-order valence-electron chi connectivity index (χ1n) is 6.25. The fourth-order valence-electron chi connectivity index (χ4n) is 2.03. The molecule has 0 bridgehead atoms. The lowest BCUT2D eigenvalue weighted by Gasteiger charge is -2.14. The lowest BCUT2D eigenvalue weighted by Crippen LogP contribution is -2.15. The van der Waals surface area contributed by atoms with E-state index in [1.54, 1.807) is 25.1 Å². The van der Waals surface area contributed by atoms with E-state index in [1.165, 1.54) is 25.3 Å². The van der Waals surface area contributed by atoms with Gasteiger partial charge in [0, 0.05) is 5.02 Å². The number of nitrogens with one attached hydrogen (secondary N) is 1. The van der Waals surface area contributed by atoms with Crippen LogP contribution in [0.15, 0.2) is 41.3 Å². The normalized spacial score (nSPS) is 10.8. The van der Waals surface area contributed by atoms with Gasteiger partial charge in [0.25, 0.3) is 10.0 Å². The number of hydrogen-bond donors (Lipinski definition) is 1. The van der Waals surface area contributed by atoms with Gasteiger partial charge < -0.3 is 4.74 Å². The van der Waals surface area contributed by atoms with E-state index in [0.717, 1.165) is 0 Å². The number of anilines is 1. The smallest absolute Gasteiger partial charge is 0.265 e. The molecule has 5 nitrogen and oxygen atoms in total. The van der Waals surface area contributed by atoms with Gasteiger partial charge in [-0.05, 0) is 36.8 Å². The maximum absolute atomic E-state index is 12.6. The Morgan fingerprint density at radius 1 is 1.27 bits per heavy atom. The summed E-state index contributed by atoms with van der Waals surface area (Å²) in [7, 11) is -2.56. The number of ether oxygens (including phenoxy) is 1. The van der Waals surface area contributed by atoms with Crippen LogP contribution in [-0.2, 0) is 10.0 Å². The monoisotopic (exact) mass is 336 g/mol. The minimum atomic E-state index is -3.94. The average Bonchev–Trinajstić information content (AvgIpc) is 2.46. The van der Waals surface area contributed by atoms with Crippen molar-refractivity contribution in [3.8, 4) is 11.8 Å². The van der Waals surface area contributed by atoms with E-state index in [2.05, 4.69) is 4.72 Å². The largest absolute Gasteiger partial charge is 0.495 e. The zero-order valence-electron chi connectivity index (χ0n) is 11.9. The minimum absolute atomic E-state index is 0.0762. The van der Waals surface area contributed by atoms with Crippen molar-refractivity contribution in [2.75, 3.05) is 11.8 Å². The van der Waals surface area contributed by atoms with E-state index in [4.69, 9.17) is 21.6 Å². The Kier molecular flexibility index (Phi) is 4.59. The van der Waals surface area contributed by atoms with Crippen molar-refractivity contribution in [3.63, 3.8) is 0 Å². The number of halogens is 1. The molecule has 0 aliphatic carbocycles. The topological polar surface area (TPSA) is 79.2 Å². The Labute approximate surface area is 134 Å². The third-order valence-corrected chi connectivity index (χ3v) is 4.58. The Morgan fingerprint density at radius 3 is 2.59 bits per heavy atom. The predicted molar refractivity (Wildman–Crippen MR) is 84.7 cm³/mol. The van der Waals surface area contributed by atoms with Crippen LogP contribution in [0.3, 0.4) is 0 Å². The van der Waals surface area contributed by atoms with Crippen LogP contribution in [0.4, 0.5) is 5.69 Å². The molecule has 2 aromatic rings. The highest BCUT2D eigenvalue weighted by atomic mass is 35.5. The molecule has 0 amide bonds. The van der Waals surface area contributed by atoms with Gasteiger partial charge in [0.15, 0.2) is 0 Å². The summed E-state index contributed by atoms with van der Waals surface area (Å²) >= 11 is 5.95. The van der Waals surface area contributed by atoms with Gasteiger partial charge in [0.05, 0.1) is 18.4 Å². The molecule has 22 heavy (non-hydrogen) atoms. The molecule has 7 heteroatoms. The first kappa shape index (κ1) is 16.1. The molecule has 1 N–H and O–H groups in total. The minimum Gasteiger partial charge on any atom is -0.495 e. The first-order chi connectivity index (χ1) is 10.4. The third-order valence-electron chi connectivity index (χ3n) is 2.99. The van der Waals surface area contributed by atoms with Crippen LogP contribution >= 0.6 is 11.6 Å². The number of benzene rings is 2. The van der Waals surface area contributed by atoms with E-state index >= 15 is 0 Å². The molecular weight excluding hydrogens is 324 g/mol. The third kappa shape index (κ3) is 3.16. The Balaban J connectivity index is 2.55. The Bertz CT molecular complexity index is 858. The van der Waals surface area contributed by atoms with Crippen LogP contribution in [-0.4, -0.2) is 15.5 Å². The van der Waals surface area contributed by atoms with Gasteiger partial charge in [-0.2, -0.15) is 5.26 Å². The molecular formula is C15H13ClN2O3S. The zero-order valence-corrected chi connectivity index (χ0v) is 13.5. The molecule has 2 aromatic carbocycles. The molecule has 0 atom stereocenters. The fraction of sp³-hybridized carbons (Fsp3) is 0.133. The number of methoxy groups -OCH3 is 1. The average molecular weight is 337 g/mol. The molecule has 0 aromatic heterocycles. The number of para-hydroxylation sites is 1. The van der Waals surface area contributed by atoms with Gasteiger partial charge in [0.2, 0.25) is 0 Å². The molecule has 0 spiro atoms. The quantitative estimate of drug-likeness (QED) is 0.928. The molecule has 0 fully saturated rings. The molecule has 0 aliphatic rings. The SMILES string of the molecule is COc1c(C)cc(Cl)cc1S(=O)(=O)Nc1ccccc1C#N. The van der Waals surface area contributed by atoms with Gasteiger partial charge in [-0.15, -0.1) is 0 Å². The molecule has 0 saturated carbocycles. The molecule has 114 valence electrons. The van der Waals surface area contributed by atoms with E-state index in [0.29, 0.717) is 5.56 Å². The second-order valence-corrected chi connectivity index (χ2v) is 6.60. The van der Waals surface area contributed by atoms with Gasteiger partial charge >= 0.3 is 0 Å². The number of hydrogen-bond acceptors (Lipinski definition) is 4. The fourth-order valence-corrected chi connectivity index (χ4v) is 3.72. The van der Waals surface area contributed by atoms with Crippen LogP contribution in [0, 0.1) is 18.3 Å². The van der Waals surface area contributed by atoms with Crippen molar-refractivity contribution >= 4 is 27.3 Å². The summed E-state index contributed by atoms with van der Waals surface area (Å²) in [5, 5.41) is 9.33. The summed E-state index contributed by atoms with van der Waals surface area (Å²) in [6, 6.07) is 11.2. The zero-order chi connectivity index (χ0) is 16.3. The summed E-state index contributed by atoms with van der Waals surface area (Å²) in [5.74, 6) is 0.214. The van der Waals surface area contributed by atoms with Crippen LogP contribution in [0.25, 0.3) is 0 Å². The molecule has 0 heterocycles. The Morgan fingerprint density at radius 2 is 1.95 bits per heavy atom. The summed E-state index contributed by atoms with van der Waals surface area (Å²) < 4.78 is 32.8. The van der Waals surface area contributed by atoms with Crippen molar-refractivity contribution in [3.05, 3.63) is 52.5 Å². The number of aryl methyl sites for hydroxylation is 1. The van der Waals surface area contributed by atoms with Gasteiger partial charge in [0.1, 0.15) is 16.7 Å². The highest BCUT2D eigenvalue weighted by molar-refractivity contribution is 7.92. The molecule has 0 aliphatic heterocycles. The molecule has 2 rings (SSSR count). The van der Waals surface area contributed by atoms with Crippen molar-refractivity contribution < 1.29 is 13.2 Å². The summed E-state index contributed by atoms with van der Waals surface area (Å²) in [6.45, 7) is 1.70. The van der Waals surface area contributed by atoms with Crippen LogP contribution in [0.2, 0.25) is 5.02 Å². The Hall–Kier alpha value is -2.23. The highest BCUT2D eigenvalue weighted by Crippen LogP contribution is 2.32. The maximum Gasteiger partial charge on any atom is 0.265 e. The van der Waals surface area contributed by atoms with Gasteiger partial charge in [-0.1, -0.05) is 23.7 Å². The number of nitrogens with zero attached hydrogens (tertiary/aromatic N) is 1. The van der Waals surface area contributed by atoms with Crippen molar-refractivity contribution in [1.29, 1.82) is 5.26 Å². The number of sulfonamides is 1. The van der Waals surface area contributed by atoms with E-state index in [-0.39, 0.29) is 26.9 Å². The van der Waals surface area contributed by atoms with Crippen molar-refractivity contribution in [1.82, 2.24) is 0 Å². The molecule has 0 saturated heterocycles. The summed E-state index contributed by atoms with van der Waals surface area (Å²) in [4.78, 5) is -0.0762. The van der Waals surface area contributed by atoms with Gasteiger partial charge in [-0.3, -0.25) is 4.72 Å². The van der Waals surface area contributed by atoms with Crippen LogP contribution in [0.5, 0.6) is 5.75 Å². The van der Waals surface area contributed by atoms with E-state index < -0.39 is 10.0 Å². The second kappa shape index (κ2) is 6.26. The standard InChI is InChI=1S/C15H13ClN2O3S/c1-10-7-12(16)8-14(15(10)21-2)22(19,20)18-13-6-4-3-5-11(13)9-17/h3-8,18H,1-2H3. The van der Waals surface area contributed by atoms with Crippen LogP contribution in [0.1, 0.15) is 11.1 Å². The lowest BCUT2D eigenvalue weighted by atomic mass is 10.2. The summed E-state index contributed by atoms with van der Waals surface area (Å²) in [5.41, 5.74) is 1.03. The highest BCUT2D eigenvalue weighted by Gasteiger charge is 2.23. The second-order valence-electron chi connectivity index (χ2n) is 4.52. The van der Waals surface area contributed by atoms with E-state index in [1.807, 2.05) is 6.07 Å². The summed E-state index contributed by atoms with van der Waals surface area (Å²) in [6.07, 6.45) is 0. The number of rotatable bonds is 4.